The van der Waals surface area contributed by atoms with E-state index in [1.54, 1.807) is 5.01 Å². The fourth-order valence-electron chi connectivity index (χ4n) is 6.09. The predicted octanol–water partition coefficient (Wildman–Crippen LogP) is 2.80. The van der Waals surface area contributed by atoms with Crippen molar-refractivity contribution in [2.24, 2.45) is 17.8 Å². The Labute approximate surface area is 211 Å². The number of ether oxygens (including phenoxy) is 1. The lowest BCUT2D eigenvalue weighted by Crippen LogP contribution is -2.58. The molecule has 8 nitrogen and oxygen atoms in total. The first-order valence-electron chi connectivity index (χ1n) is 12.4. The molecule has 34 heavy (non-hydrogen) atoms. The van der Waals surface area contributed by atoms with E-state index < -0.39 is 38.8 Å². The summed E-state index contributed by atoms with van der Waals surface area (Å²) < 4.78 is 49.4. The van der Waals surface area contributed by atoms with Gasteiger partial charge in [-0.2, -0.15) is 4.31 Å². The van der Waals surface area contributed by atoms with Gasteiger partial charge in [0.2, 0.25) is 10.0 Å². The SMILES string of the molecule is CCN1CC(S(=O)(=O)N2CC(C(=O)O)CC3CCC(OCC4C(F)CCCC4Cl)CC32)C(Cl)N1. The second kappa shape index (κ2) is 11.0. The maximum atomic E-state index is 14.4. The van der Waals surface area contributed by atoms with Crippen LogP contribution < -0.4 is 5.43 Å². The average Bonchev–Trinajstić information content (AvgIpc) is 3.19. The van der Waals surface area contributed by atoms with Crippen LogP contribution in [0.3, 0.4) is 0 Å². The van der Waals surface area contributed by atoms with Crippen LogP contribution in [0.25, 0.3) is 0 Å². The summed E-state index contributed by atoms with van der Waals surface area (Å²) in [5, 5.41) is 10.3. The van der Waals surface area contributed by atoms with E-state index in [-0.39, 0.29) is 49.1 Å². The third-order valence-corrected chi connectivity index (χ3v) is 11.5. The molecule has 4 aliphatic rings. The molecule has 2 saturated carbocycles. The molecule has 4 fully saturated rings. The number of carboxylic acid groups (broad SMARTS) is 1. The molecule has 0 bridgehead atoms. The molecule has 0 amide bonds. The minimum Gasteiger partial charge on any atom is -0.481 e. The molecule has 2 N–H and O–H groups in total. The number of nitrogens with zero attached hydrogens (tertiary/aromatic N) is 2. The molecule has 4 rings (SSSR count). The van der Waals surface area contributed by atoms with Gasteiger partial charge in [0.25, 0.3) is 0 Å². The van der Waals surface area contributed by atoms with Crippen LogP contribution in [-0.4, -0.2) is 89.5 Å². The highest BCUT2D eigenvalue weighted by Gasteiger charge is 2.51. The topological polar surface area (TPSA) is 99.2 Å². The molecule has 12 heteroatoms. The molecule has 2 aliphatic carbocycles. The van der Waals surface area contributed by atoms with Crippen LogP contribution in [-0.2, 0) is 19.6 Å². The Hall–Kier alpha value is -0.230. The van der Waals surface area contributed by atoms with Crippen molar-refractivity contribution in [2.75, 3.05) is 26.2 Å². The quantitative estimate of drug-likeness (QED) is 0.376. The first-order valence-corrected chi connectivity index (χ1v) is 14.8. The highest BCUT2D eigenvalue weighted by Crippen LogP contribution is 2.42. The predicted molar refractivity (Wildman–Crippen MR) is 128 cm³/mol. The number of aliphatic carboxylic acids is 1. The standard InChI is InChI=1S/C22H36Cl2FN3O5S/c1-2-27-11-20(21(24)26-27)34(31,32)28-10-14(22(29)30)8-13-6-7-15(9-19(13)28)33-12-16-17(23)4-3-5-18(16)25/h13-21,26H,2-12H2,1H3,(H,29,30). The first kappa shape index (κ1) is 26.8. The Morgan fingerprint density at radius 1 is 1.18 bits per heavy atom. The van der Waals surface area contributed by atoms with Crippen molar-refractivity contribution in [3.8, 4) is 0 Å². The lowest BCUT2D eigenvalue weighted by atomic mass is 9.75. The van der Waals surface area contributed by atoms with Gasteiger partial charge in [0.05, 0.1) is 18.6 Å². The van der Waals surface area contributed by atoms with Crippen molar-refractivity contribution >= 4 is 39.2 Å². The molecule has 2 saturated heterocycles. The monoisotopic (exact) mass is 543 g/mol. The van der Waals surface area contributed by atoms with Gasteiger partial charge in [-0.3, -0.25) is 4.79 Å². The van der Waals surface area contributed by atoms with E-state index in [0.29, 0.717) is 38.6 Å². The van der Waals surface area contributed by atoms with Gasteiger partial charge in [0, 0.05) is 37.0 Å². The zero-order valence-electron chi connectivity index (χ0n) is 19.5. The van der Waals surface area contributed by atoms with Crippen LogP contribution in [0.5, 0.6) is 0 Å². The Balaban J connectivity index is 1.49. The van der Waals surface area contributed by atoms with E-state index in [4.69, 9.17) is 27.9 Å². The van der Waals surface area contributed by atoms with E-state index in [2.05, 4.69) is 5.43 Å². The number of hydrazine groups is 1. The van der Waals surface area contributed by atoms with Gasteiger partial charge in [-0.15, -0.1) is 23.2 Å². The summed E-state index contributed by atoms with van der Waals surface area (Å²) in [7, 11) is -3.87. The molecular formula is C22H36Cl2FN3O5S. The molecule has 0 aromatic rings. The zero-order chi connectivity index (χ0) is 24.6. The van der Waals surface area contributed by atoms with Gasteiger partial charge in [-0.05, 0) is 50.9 Å². The molecule has 9 unspecified atom stereocenters. The number of carboxylic acids is 1. The molecule has 0 radical (unpaired) electrons. The molecule has 0 aromatic carbocycles. The maximum Gasteiger partial charge on any atom is 0.307 e. The fraction of sp³-hybridized carbons (Fsp3) is 0.955. The van der Waals surface area contributed by atoms with Gasteiger partial charge in [-0.1, -0.05) is 6.92 Å². The van der Waals surface area contributed by atoms with Crippen molar-refractivity contribution in [1.29, 1.82) is 0 Å². The normalized spacial score (nSPS) is 42.4. The summed E-state index contributed by atoms with van der Waals surface area (Å²) in [4.78, 5) is 11.8. The van der Waals surface area contributed by atoms with Gasteiger partial charge >= 0.3 is 5.97 Å². The number of rotatable bonds is 7. The second-order valence-corrected chi connectivity index (χ2v) is 13.4. The summed E-state index contributed by atoms with van der Waals surface area (Å²) in [5.41, 5.74) is 2.20. The van der Waals surface area contributed by atoms with Gasteiger partial charge < -0.3 is 9.84 Å². The maximum absolute atomic E-state index is 14.4. The van der Waals surface area contributed by atoms with Crippen LogP contribution in [0.15, 0.2) is 0 Å². The summed E-state index contributed by atoms with van der Waals surface area (Å²) in [5.74, 6) is -2.12. The summed E-state index contributed by atoms with van der Waals surface area (Å²) in [6.45, 7) is 2.93. The number of halogens is 3. The molecule has 9 atom stereocenters. The number of piperidine rings is 1. The molecule has 0 spiro atoms. The van der Waals surface area contributed by atoms with E-state index >= 15 is 0 Å². The number of sulfonamides is 1. The number of carbonyl (C=O) groups is 1. The van der Waals surface area contributed by atoms with E-state index in [1.807, 2.05) is 6.92 Å². The van der Waals surface area contributed by atoms with Crippen LogP contribution in [0.4, 0.5) is 4.39 Å². The van der Waals surface area contributed by atoms with Crippen molar-refractivity contribution in [1.82, 2.24) is 14.7 Å². The lowest BCUT2D eigenvalue weighted by molar-refractivity contribution is -0.145. The number of hydrogen-bond donors (Lipinski definition) is 2. The Bertz CT molecular complexity index is 829. The molecule has 196 valence electrons. The minimum absolute atomic E-state index is 0.0562. The van der Waals surface area contributed by atoms with E-state index in [9.17, 15) is 22.7 Å². The average molecular weight is 545 g/mol. The highest BCUT2D eigenvalue weighted by molar-refractivity contribution is 7.89. The number of alkyl halides is 3. The van der Waals surface area contributed by atoms with E-state index in [1.165, 1.54) is 4.31 Å². The van der Waals surface area contributed by atoms with Crippen LogP contribution in [0.1, 0.15) is 51.9 Å². The van der Waals surface area contributed by atoms with Crippen molar-refractivity contribution in [2.45, 2.75) is 86.3 Å². The van der Waals surface area contributed by atoms with E-state index in [0.717, 1.165) is 12.8 Å². The third-order valence-electron chi connectivity index (χ3n) is 8.15. The fourth-order valence-corrected chi connectivity index (χ4v) is 9.19. The molecule has 2 aliphatic heterocycles. The number of fused-ring (bicyclic) bond motifs is 1. The minimum atomic E-state index is -3.87. The van der Waals surface area contributed by atoms with Crippen molar-refractivity contribution in [3.63, 3.8) is 0 Å². The van der Waals surface area contributed by atoms with Crippen molar-refractivity contribution in [3.05, 3.63) is 0 Å². The van der Waals surface area contributed by atoms with Crippen LogP contribution in [0, 0.1) is 17.8 Å². The molecule has 0 aromatic heterocycles. The zero-order valence-corrected chi connectivity index (χ0v) is 21.8. The van der Waals surface area contributed by atoms with Gasteiger partial charge in [0.1, 0.15) is 16.9 Å². The number of hydrogen-bond acceptors (Lipinski definition) is 6. The van der Waals surface area contributed by atoms with Crippen LogP contribution in [0.2, 0.25) is 0 Å². The first-order chi connectivity index (χ1) is 16.1. The molecule has 2 heterocycles. The Morgan fingerprint density at radius 2 is 1.94 bits per heavy atom. The Kier molecular flexibility index (Phi) is 8.70. The lowest BCUT2D eigenvalue weighted by Gasteiger charge is -2.48. The largest absolute Gasteiger partial charge is 0.481 e. The number of nitrogens with one attached hydrogen (secondary N) is 1. The summed E-state index contributed by atoms with van der Waals surface area (Å²) in [6.07, 6.45) is 3.16. The van der Waals surface area contributed by atoms with Gasteiger partial charge in [-0.25, -0.2) is 23.2 Å². The smallest absolute Gasteiger partial charge is 0.307 e. The van der Waals surface area contributed by atoms with Crippen LogP contribution >= 0.6 is 23.2 Å². The Morgan fingerprint density at radius 3 is 2.59 bits per heavy atom. The summed E-state index contributed by atoms with van der Waals surface area (Å²) in [6, 6.07) is -0.349. The second-order valence-electron chi connectivity index (χ2n) is 10.2. The third kappa shape index (κ3) is 5.53. The van der Waals surface area contributed by atoms with Crippen molar-refractivity contribution < 1.29 is 27.4 Å². The molecular weight excluding hydrogens is 508 g/mol. The van der Waals surface area contributed by atoms with Gasteiger partial charge in [0.15, 0.2) is 0 Å². The summed E-state index contributed by atoms with van der Waals surface area (Å²) >= 11 is 12.7. The highest BCUT2D eigenvalue weighted by atomic mass is 35.5.